The minimum absolute atomic E-state index is 0.148. The maximum absolute atomic E-state index is 12.5. The molecule has 2 rings (SSSR count). The second-order valence-corrected chi connectivity index (χ2v) is 4.00. The van der Waals surface area contributed by atoms with Crippen molar-refractivity contribution in [1.82, 2.24) is 4.98 Å². The van der Waals surface area contributed by atoms with E-state index in [1.807, 2.05) is 6.92 Å². The second-order valence-electron chi connectivity index (χ2n) is 4.00. The van der Waals surface area contributed by atoms with Crippen LogP contribution in [0.3, 0.4) is 0 Å². The molecule has 2 N–H and O–H groups in total. The average Bonchev–Trinajstić information content (AvgIpc) is 2.32. The van der Waals surface area contributed by atoms with Crippen LogP contribution in [0.4, 0.5) is 18.9 Å². The van der Waals surface area contributed by atoms with Crippen molar-refractivity contribution in [1.29, 1.82) is 0 Å². The number of hydrogen-bond acceptors (Lipinski definition) is 3. The largest absolute Gasteiger partial charge is 0.437 e. The third kappa shape index (κ3) is 3.15. The molecule has 0 saturated heterocycles. The summed E-state index contributed by atoms with van der Waals surface area (Å²) in [7, 11) is 0. The Morgan fingerprint density at radius 2 is 1.89 bits per heavy atom. The van der Waals surface area contributed by atoms with Gasteiger partial charge in [-0.3, -0.25) is 0 Å². The molecule has 0 spiro atoms. The standard InChI is InChI=1S/C13H11F3N2O/c1-8-5-6-10(9(17)7-8)19-12-4-2-3-11(18-12)13(14,15)16/h2-7H,17H2,1H3. The summed E-state index contributed by atoms with van der Waals surface area (Å²) in [5.74, 6) is 0.128. The van der Waals surface area contributed by atoms with Gasteiger partial charge in [0.05, 0.1) is 5.69 Å². The van der Waals surface area contributed by atoms with Crippen LogP contribution in [0, 0.1) is 6.92 Å². The van der Waals surface area contributed by atoms with E-state index in [-0.39, 0.29) is 11.6 Å². The van der Waals surface area contributed by atoms with E-state index >= 15 is 0 Å². The molecule has 3 nitrogen and oxygen atoms in total. The summed E-state index contributed by atoms with van der Waals surface area (Å²) in [6.07, 6.45) is -4.50. The summed E-state index contributed by atoms with van der Waals surface area (Å²) in [6, 6.07) is 8.46. The lowest BCUT2D eigenvalue weighted by Gasteiger charge is -2.10. The Labute approximate surface area is 107 Å². The number of rotatable bonds is 2. The molecule has 0 saturated carbocycles. The van der Waals surface area contributed by atoms with Gasteiger partial charge in [-0.05, 0) is 30.7 Å². The van der Waals surface area contributed by atoms with E-state index in [9.17, 15) is 13.2 Å². The minimum Gasteiger partial charge on any atom is -0.437 e. The van der Waals surface area contributed by atoms with Gasteiger partial charge in [-0.25, -0.2) is 4.98 Å². The highest BCUT2D eigenvalue weighted by molar-refractivity contribution is 5.55. The predicted octanol–water partition coefficient (Wildman–Crippen LogP) is 3.78. The lowest BCUT2D eigenvalue weighted by molar-refractivity contribution is -0.141. The fourth-order valence-corrected chi connectivity index (χ4v) is 1.50. The normalized spacial score (nSPS) is 11.4. The van der Waals surface area contributed by atoms with Gasteiger partial charge >= 0.3 is 6.18 Å². The number of halogens is 3. The molecule has 1 heterocycles. The van der Waals surface area contributed by atoms with Crippen LogP contribution in [0.2, 0.25) is 0 Å². The Balaban J connectivity index is 2.29. The topological polar surface area (TPSA) is 48.1 Å². The number of nitrogens with zero attached hydrogens (tertiary/aromatic N) is 1. The number of anilines is 1. The lowest BCUT2D eigenvalue weighted by atomic mass is 10.2. The number of nitrogen functional groups attached to an aromatic ring is 1. The highest BCUT2D eigenvalue weighted by Gasteiger charge is 2.32. The Morgan fingerprint density at radius 3 is 2.53 bits per heavy atom. The second kappa shape index (κ2) is 4.79. The van der Waals surface area contributed by atoms with Gasteiger partial charge in [-0.1, -0.05) is 12.1 Å². The molecule has 100 valence electrons. The van der Waals surface area contributed by atoms with Crippen LogP contribution in [0.5, 0.6) is 11.6 Å². The van der Waals surface area contributed by atoms with Gasteiger partial charge in [-0.15, -0.1) is 0 Å². The Morgan fingerprint density at radius 1 is 1.16 bits per heavy atom. The first kappa shape index (κ1) is 13.2. The smallest absolute Gasteiger partial charge is 0.433 e. The zero-order valence-corrected chi connectivity index (χ0v) is 10.0. The molecule has 0 radical (unpaired) electrons. The van der Waals surface area contributed by atoms with Crippen molar-refractivity contribution in [3.63, 3.8) is 0 Å². The fourth-order valence-electron chi connectivity index (χ4n) is 1.50. The zero-order valence-electron chi connectivity index (χ0n) is 10.0. The Bertz CT molecular complexity index is 597. The molecule has 1 aromatic heterocycles. The van der Waals surface area contributed by atoms with Crippen molar-refractivity contribution < 1.29 is 17.9 Å². The highest BCUT2D eigenvalue weighted by atomic mass is 19.4. The molecule has 0 fully saturated rings. The molecular formula is C13H11F3N2O. The number of ether oxygens (including phenoxy) is 1. The number of alkyl halides is 3. The molecule has 0 aliphatic rings. The number of aryl methyl sites for hydroxylation is 1. The molecule has 1 aromatic carbocycles. The van der Waals surface area contributed by atoms with E-state index < -0.39 is 11.9 Å². The van der Waals surface area contributed by atoms with Crippen molar-refractivity contribution in [2.24, 2.45) is 0 Å². The summed E-state index contributed by atoms with van der Waals surface area (Å²) >= 11 is 0. The summed E-state index contributed by atoms with van der Waals surface area (Å²) in [4.78, 5) is 3.40. The third-order valence-corrected chi connectivity index (χ3v) is 2.39. The van der Waals surface area contributed by atoms with Crippen LogP contribution in [0.15, 0.2) is 36.4 Å². The van der Waals surface area contributed by atoms with Crippen molar-refractivity contribution in [2.75, 3.05) is 5.73 Å². The molecule has 19 heavy (non-hydrogen) atoms. The maximum atomic E-state index is 12.5. The Kier molecular flexibility index (Phi) is 3.33. The van der Waals surface area contributed by atoms with Crippen LogP contribution in [0.1, 0.15) is 11.3 Å². The molecule has 6 heteroatoms. The first-order chi connectivity index (χ1) is 8.86. The van der Waals surface area contributed by atoms with E-state index in [4.69, 9.17) is 10.5 Å². The summed E-state index contributed by atoms with van der Waals surface area (Å²) in [5.41, 5.74) is 5.99. The lowest BCUT2D eigenvalue weighted by Crippen LogP contribution is -2.08. The van der Waals surface area contributed by atoms with Crippen LogP contribution >= 0.6 is 0 Å². The van der Waals surface area contributed by atoms with E-state index in [0.29, 0.717) is 5.69 Å². The van der Waals surface area contributed by atoms with Crippen LogP contribution in [0.25, 0.3) is 0 Å². The van der Waals surface area contributed by atoms with Gasteiger partial charge in [0.25, 0.3) is 0 Å². The number of pyridine rings is 1. The molecule has 0 atom stereocenters. The van der Waals surface area contributed by atoms with Gasteiger partial charge < -0.3 is 10.5 Å². The number of aromatic nitrogens is 1. The van der Waals surface area contributed by atoms with Crippen molar-refractivity contribution >= 4 is 5.69 Å². The first-order valence-corrected chi connectivity index (χ1v) is 5.44. The molecule has 0 bridgehead atoms. The van der Waals surface area contributed by atoms with E-state index in [1.165, 1.54) is 12.1 Å². The SMILES string of the molecule is Cc1ccc(Oc2cccc(C(F)(F)F)n2)c(N)c1. The molecule has 2 aromatic rings. The van der Waals surface area contributed by atoms with Crippen LogP contribution in [-0.2, 0) is 6.18 Å². The Hall–Kier alpha value is -2.24. The fraction of sp³-hybridized carbons (Fsp3) is 0.154. The van der Waals surface area contributed by atoms with Crippen molar-refractivity contribution in [2.45, 2.75) is 13.1 Å². The van der Waals surface area contributed by atoms with Gasteiger partial charge in [-0.2, -0.15) is 13.2 Å². The quantitative estimate of drug-likeness (QED) is 0.843. The van der Waals surface area contributed by atoms with Crippen molar-refractivity contribution in [3.05, 3.63) is 47.7 Å². The average molecular weight is 268 g/mol. The third-order valence-electron chi connectivity index (χ3n) is 2.39. The zero-order chi connectivity index (χ0) is 14.0. The van der Waals surface area contributed by atoms with E-state index in [0.717, 1.165) is 11.6 Å². The maximum Gasteiger partial charge on any atom is 0.433 e. The first-order valence-electron chi connectivity index (χ1n) is 5.44. The molecule has 0 aliphatic carbocycles. The number of nitrogens with two attached hydrogens (primary N) is 1. The molecule has 0 amide bonds. The predicted molar refractivity (Wildman–Crippen MR) is 64.9 cm³/mol. The van der Waals surface area contributed by atoms with Gasteiger partial charge in [0.2, 0.25) is 5.88 Å². The van der Waals surface area contributed by atoms with Gasteiger partial charge in [0, 0.05) is 6.07 Å². The van der Waals surface area contributed by atoms with Crippen LogP contribution in [-0.4, -0.2) is 4.98 Å². The van der Waals surface area contributed by atoms with Crippen LogP contribution < -0.4 is 10.5 Å². The summed E-state index contributed by atoms with van der Waals surface area (Å²) in [5, 5.41) is 0. The van der Waals surface area contributed by atoms with Crippen molar-refractivity contribution in [3.8, 4) is 11.6 Å². The van der Waals surface area contributed by atoms with Gasteiger partial charge in [0.1, 0.15) is 5.69 Å². The monoisotopic (exact) mass is 268 g/mol. The van der Waals surface area contributed by atoms with Gasteiger partial charge in [0.15, 0.2) is 5.75 Å². The molecule has 0 unspecified atom stereocenters. The molecule has 0 aliphatic heterocycles. The highest BCUT2D eigenvalue weighted by Crippen LogP contribution is 2.31. The van der Waals surface area contributed by atoms with E-state index in [2.05, 4.69) is 4.98 Å². The summed E-state index contributed by atoms with van der Waals surface area (Å²) in [6.45, 7) is 1.85. The molecular weight excluding hydrogens is 257 g/mol. The number of benzene rings is 1. The minimum atomic E-state index is -4.50. The number of hydrogen-bond donors (Lipinski definition) is 1. The summed E-state index contributed by atoms with van der Waals surface area (Å²) < 4.78 is 42.8. The van der Waals surface area contributed by atoms with E-state index in [1.54, 1.807) is 18.2 Å².